The van der Waals surface area contributed by atoms with Gasteiger partial charge in [-0.3, -0.25) is 4.79 Å². The van der Waals surface area contributed by atoms with Crippen molar-refractivity contribution in [3.8, 4) is 0 Å². The first kappa shape index (κ1) is 44.4. The Morgan fingerprint density at radius 2 is 1.30 bits per heavy atom. The molecular weight excluding hydrogens is 689 g/mol. The highest BCUT2D eigenvalue weighted by Gasteiger charge is 2.50. The van der Waals surface area contributed by atoms with Crippen LogP contribution in [0.2, 0.25) is 5.04 Å². The second-order valence-electron chi connectivity index (χ2n) is 16.9. The van der Waals surface area contributed by atoms with Crippen LogP contribution in [0.5, 0.6) is 0 Å². The number of ether oxygens (including phenoxy) is 2. The van der Waals surface area contributed by atoms with E-state index in [4.69, 9.17) is 13.9 Å². The molecule has 0 aliphatic heterocycles. The number of methoxy groups -OCH3 is 1. The number of nitrogens with one attached hydrogen (secondary N) is 2. The minimum absolute atomic E-state index is 0.00996. The van der Waals surface area contributed by atoms with Gasteiger partial charge in [-0.25, -0.2) is 4.79 Å². The van der Waals surface area contributed by atoms with Crippen LogP contribution in [0, 0.1) is 17.8 Å². The third-order valence-electron chi connectivity index (χ3n) is 9.78. The first-order chi connectivity index (χ1) is 25.4. The molecule has 0 aliphatic carbocycles. The molecule has 0 aromatic heterocycles. The summed E-state index contributed by atoms with van der Waals surface area (Å²) in [7, 11) is -1.07. The number of hydrogen-bond donors (Lipinski definition) is 2. The lowest BCUT2D eigenvalue weighted by Gasteiger charge is -2.44. The molecule has 3 aromatic rings. The average Bonchev–Trinajstić information content (AvgIpc) is 3.11. The van der Waals surface area contributed by atoms with Gasteiger partial charge in [0, 0.05) is 25.6 Å². The Morgan fingerprint density at radius 1 is 0.778 bits per heavy atom. The van der Waals surface area contributed by atoms with E-state index >= 15 is 0 Å². The molecule has 3 rings (SSSR count). The van der Waals surface area contributed by atoms with E-state index < -0.39 is 32.1 Å². The maximum Gasteiger partial charge on any atom is 0.408 e. The van der Waals surface area contributed by atoms with Crippen LogP contribution in [0.3, 0.4) is 0 Å². The zero-order chi connectivity index (χ0) is 40.1. The first-order valence-corrected chi connectivity index (χ1v) is 21.3. The normalized spacial score (nSPS) is 15.7. The fourth-order valence-electron chi connectivity index (χ4n) is 6.89. The van der Waals surface area contributed by atoms with Crippen molar-refractivity contribution in [1.82, 2.24) is 10.6 Å². The van der Waals surface area contributed by atoms with E-state index in [1.807, 2.05) is 32.0 Å². The van der Waals surface area contributed by atoms with E-state index in [1.54, 1.807) is 27.9 Å². The molecule has 3 aromatic carbocycles. The number of benzene rings is 3. The SMILES string of the molecule is CO[C@@H](Cc1ccccc1)[C@@H](C)/C=C(C)/C=C/[C@H](NC(=O)[C@@H](NC(=O)OC(C)(C)C)C(C)C)[C@H](C)CO[Si](c1ccccc1)(c1ccccc1)C(C)(C)C. The molecule has 0 aliphatic rings. The van der Waals surface area contributed by atoms with Crippen LogP contribution in [0.1, 0.15) is 81.7 Å². The largest absolute Gasteiger partial charge is 0.444 e. The van der Waals surface area contributed by atoms with Crippen LogP contribution in [-0.2, 0) is 25.1 Å². The number of rotatable bonds is 17. The fourth-order valence-corrected chi connectivity index (χ4v) is 11.6. The highest BCUT2D eigenvalue weighted by molar-refractivity contribution is 6.99. The van der Waals surface area contributed by atoms with E-state index in [0.717, 1.165) is 12.0 Å². The molecule has 7 nitrogen and oxygen atoms in total. The first-order valence-electron chi connectivity index (χ1n) is 19.4. The lowest BCUT2D eigenvalue weighted by Crippen LogP contribution is -2.67. The summed E-state index contributed by atoms with van der Waals surface area (Å²) in [5.74, 6) is -0.438. The monoisotopic (exact) mass is 754 g/mol. The topological polar surface area (TPSA) is 85.9 Å². The molecule has 0 spiro atoms. The van der Waals surface area contributed by atoms with Crippen LogP contribution in [-0.4, -0.2) is 57.8 Å². The van der Waals surface area contributed by atoms with Gasteiger partial charge in [0.1, 0.15) is 11.6 Å². The third kappa shape index (κ3) is 12.8. The van der Waals surface area contributed by atoms with Gasteiger partial charge in [0.2, 0.25) is 5.91 Å². The van der Waals surface area contributed by atoms with Gasteiger partial charge in [0.05, 0.1) is 12.1 Å². The molecule has 0 saturated heterocycles. The summed E-state index contributed by atoms with van der Waals surface area (Å²) >= 11 is 0. The summed E-state index contributed by atoms with van der Waals surface area (Å²) in [6, 6.07) is 30.3. The molecular formula is C46H66N2O5Si. The second-order valence-corrected chi connectivity index (χ2v) is 21.3. The predicted octanol–water partition coefficient (Wildman–Crippen LogP) is 8.63. The van der Waals surface area contributed by atoms with E-state index in [1.165, 1.54) is 15.9 Å². The van der Waals surface area contributed by atoms with Crippen LogP contribution in [0.15, 0.2) is 115 Å². The van der Waals surface area contributed by atoms with Crippen LogP contribution in [0.25, 0.3) is 0 Å². The summed E-state index contributed by atoms with van der Waals surface area (Å²) in [4.78, 5) is 26.9. The zero-order valence-electron chi connectivity index (χ0n) is 34.8. The molecule has 2 amide bonds. The third-order valence-corrected chi connectivity index (χ3v) is 14.8. The lowest BCUT2D eigenvalue weighted by atomic mass is 9.95. The van der Waals surface area contributed by atoms with Crippen molar-refractivity contribution in [2.24, 2.45) is 17.8 Å². The number of allylic oxidation sites excluding steroid dienone is 2. The Bertz CT molecular complexity index is 1610. The Balaban J connectivity index is 1.97. The van der Waals surface area contributed by atoms with Crippen molar-refractivity contribution in [2.75, 3.05) is 13.7 Å². The predicted molar refractivity (Wildman–Crippen MR) is 226 cm³/mol. The van der Waals surface area contributed by atoms with E-state index in [2.05, 4.69) is 143 Å². The molecule has 0 unspecified atom stereocenters. The van der Waals surface area contributed by atoms with E-state index in [0.29, 0.717) is 6.61 Å². The van der Waals surface area contributed by atoms with Gasteiger partial charge in [-0.2, -0.15) is 0 Å². The molecule has 0 saturated carbocycles. The van der Waals surface area contributed by atoms with Crippen LogP contribution < -0.4 is 21.0 Å². The Labute approximate surface area is 327 Å². The summed E-state index contributed by atoms with van der Waals surface area (Å²) in [5.41, 5.74) is 1.60. The van der Waals surface area contributed by atoms with Gasteiger partial charge in [-0.1, -0.05) is 163 Å². The smallest absolute Gasteiger partial charge is 0.408 e. The highest BCUT2D eigenvalue weighted by Crippen LogP contribution is 2.37. The minimum Gasteiger partial charge on any atom is -0.444 e. The Kier molecular flexibility index (Phi) is 16.5. The van der Waals surface area contributed by atoms with Gasteiger partial charge in [0.25, 0.3) is 8.32 Å². The van der Waals surface area contributed by atoms with E-state index in [9.17, 15) is 9.59 Å². The van der Waals surface area contributed by atoms with Crippen LogP contribution >= 0.6 is 0 Å². The summed E-state index contributed by atoms with van der Waals surface area (Å²) < 4.78 is 18.8. The summed E-state index contributed by atoms with van der Waals surface area (Å²) in [6.07, 6.45) is 6.54. The van der Waals surface area contributed by atoms with Crippen molar-refractivity contribution >= 4 is 30.7 Å². The number of alkyl carbamates (subject to hydrolysis) is 1. The van der Waals surface area contributed by atoms with Gasteiger partial charge >= 0.3 is 6.09 Å². The Morgan fingerprint density at radius 3 is 1.76 bits per heavy atom. The maximum absolute atomic E-state index is 14.0. The number of carbonyl (C=O) groups excluding carboxylic acids is 2. The van der Waals surface area contributed by atoms with Crippen molar-refractivity contribution in [1.29, 1.82) is 0 Å². The zero-order valence-corrected chi connectivity index (χ0v) is 35.8. The number of amides is 2. The highest BCUT2D eigenvalue weighted by atomic mass is 28.4. The molecule has 294 valence electrons. The second kappa shape index (κ2) is 20.1. The summed E-state index contributed by atoms with van der Waals surface area (Å²) in [6.45, 7) is 22.8. The average molecular weight is 755 g/mol. The van der Waals surface area contributed by atoms with E-state index in [-0.39, 0.29) is 34.8 Å². The maximum atomic E-state index is 14.0. The molecule has 2 N–H and O–H groups in total. The fraction of sp³-hybridized carbons (Fsp3) is 0.478. The molecule has 8 heteroatoms. The van der Waals surface area contributed by atoms with Crippen molar-refractivity contribution < 1.29 is 23.5 Å². The number of hydrogen-bond acceptors (Lipinski definition) is 5. The van der Waals surface area contributed by atoms with Gasteiger partial charge in [-0.15, -0.1) is 0 Å². The van der Waals surface area contributed by atoms with Crippen molar-refractivity contribution in [2.45, 2.75) is 111 Å². The quantitative estimate of drug-likeness (QED) is 0.107. The lowest BCUT2D eigenvalue weighted by molar-refractivity contribution is -0.125. The van der Waals surface area contributed by atoms with Crippen molar-refractivity contribution in [3.63, 3.8) is 0 Å². The van der Waals surface area contributed by atoms with Gasteiger partial charge < -0.3 is 24.5 Å². The molecule has 54 heavy (non-hydrogen) atoms. The van der Waals surface area contributed by atoms with Crippen molar-refractivity contribution in [3.05, 3.63) is 120 Å². The van der Waals surface area contributed by atoms with Crippen LogP contribution in [0.4, 0.5) is 4.79 Å². The molecule has 5 atom stereocenters. The molecule has 0 heterocycles. The molecule has 0 bridgehead atoms. The molecule has 0 fully saturated rings. The minimum atomic E-state index is -2.83. The molecule has 0 radical (unpaired) electrons. The van der Waals surface area contributed by atoms with Gasteiger partial charge in [0.15, 0.2) is 0 Å². The summed E-state index contributed by atoms with van der Waals surface area (Å²) in [5, 5.41) is 8.30. The van der Waals surface area contributed by atoms with Gasteiger partial charge in [-0.05, 0) is 61.0 Å². The standard InChI is InChI=1S/C46H66N2O5Si/c1-33(2)42(48-44(50)53-45(6,7)8)43(49)47-40(29-28-34(3)30-35(4)41(51-12)31-37-22-16-13-17-23-37)36(5)32-52-54(46(9,10)11,38-24-18-14-19-25-38)39-26-20-15-21-27-39/h13-30,33,35-36,40-42H,31-32H2,1-12H3,(H,47,49)(H,48,50)/b29-28+,34-30+/t35-,36+,40-,41-,42-/m0/s1. The number of carbonyl (C=O) groups is 2. The Hall–Kier alpha value is -3.98.